The van der Waals surface area contributed by atoms with Crippen LogP contribution in [0.25, 0.3) is 6.08 Å². The number of carbonyl (C=O) groups excluding carboxylic acids is 1. The summed E-state index contributed by atoms with van der Waals surface area (Å²) in [4.78, 5) is 12.0. The first-order valence-corrected chi connectivity index (χ1v) is 8.44. The van der Waals surface area contributed by atoms with Crippen molar-refractivity contribution in [1.82, 2.24) is 5.01 Å². The van der Waals surface area contributed by atoms with Gasteiger partial charge in [-0.3, -0.25) is 4.79 Å². The summed E-state index contributed by atoms with van der Waals surface area (Å²) in [6.07, 6.45) is 4.63. The van der Waals surface area contributed by atoms with Gasteiger partial charge in [0.15, 0.2) is 0 Å². The molecule has 1 heterocycles. The highest BCUT2D eigenvalue weighted by molar-refractivity contribution is 6.00. The minimum absolute atomic E-state index is 0.0707. The third-order valence-electron chi connectivity index (χ3n) is 4.34. The molecule has 26 heavy (non-hydrogen) atoms. The lowest BCUT2D eigenvalue weighted by molar-refractivity contribution is -0.130. The molecule has 2 aromatic carbocycles. The molecular formula is C21H22N2O3. The number of carbonyl (C=O) groups is 1. The lowest BCUT2D eigenvalue weighted by Gasteiger charge is -2.20. The number of hydrogen-bond acceptors (Lipinski definition) is 4. The van der Waals surface area contributed by atoms with E-state index in [1.54, 1.807) is 19.2 Å². The molecule has 0 unspecified atom stereocenters. The van der Waals surface area contributed by atoms with Crippen LogP contribution in [0.2, 0.25) is 0 Å². The summed E-state index contributed by atoms with van der Waals surface area (Å²) in [5, 5.41) is 6.05. The van der Waals surface area contributed by atoms with Gasteiger partial charge < -0.3 is 9.47 Å². The fourth-order valence-corrected chi connectivity index (χ4v) is 2.92. The van der Waals surface area contributed by atoms with Crippen molar-refractivity contribution in [2.75, 3.05) is 14.2 Å². The molecule has 0 fully saturated rings. The lowest BCUT2D eigenvalue weighted by atomic mass is 10.0. The minimum Gasteiger partial charge on any atom is -0.497 e. The molecule has 0 saturated carbocycles. The fraction of sp³-hybridized carbons (Fsp3) is 0.238. The molecule has 3 rings (SSSR count). The van der Waals surface area contributed by atoms with E-state index in [4.69, 9.17) is 9.47 Å². The Bertz CT molecular complexity index is 823. The first-order chi connectivity index (χ1) is 12.6. The molecule has 0 spiro atoms. The number of amides is 1. The van der Waals surface area contributed by atoms with Crippen molar-refractivity contribution in [3.63, 3.8) is 0 Å². The SMILES string of the molecule is COc1ccc(/C=C/C2=NN(C(C)=O)[C@@H](c3ccc(OC)cc3)C2)cc1. The molecule has 1 aliphatic heterocycles. The van der Waals surface area contributed by atoms with E-state index in [2.05, 4.69) is 5.10 Å². The Morgan fingerprint density at radius 1 is 1.00 bits per heavy atom. The largest absolute Gasteiger partial charge is 0.497 e. The number of benzene rings is 2. The Morgan fingerprint density at radius 3 is 2.12 bits per heavy atom. The van der Waals surface area contributed by atoms with Gasteiger partial charge in [0.1, 0.15) is 11.5 Å². The highest BCUT2D eigenvalue weighted by atomic mass is 16.5. The van der Waals surface area contributed by atoms with Crippen LogP contribution in [0.4, 0.5) is 0 Å². The minimum atomic E-state index is -0.0890. The molecule has 1 atom stereocenters. The van der Waals surface area contributed by atoms with E-state index in [0.717, 1.165) is 28.3 Å². The lowest BCUT2D eigenvalue weighted by Crippen LogP contribution is -2.24. The molecule has 0 aliphatic carbocycles. The maximum Gasteiger partial charge on any atom is 0.240 e. The number of hydrogen-bond donors (Lipinski definition) is 0. The van der Waals surface area contributed by atoms with Gasteiger partial charge in [0.05, 0.1) is 26.0 Å². The zero-order valence-corrected chi connectivity index (χ0v) is 15.2. The smallest absolute Gasteiger partial charge is 0.240 e. The normalized spacial score (nSPS) is 16.7. The molecule has 1 aliphatic rings. The van der Waals surface area contributed by atoms with Crippen LogP contribution in [0, 0.1) is 0 Å². The van der Waals surface area contributed by atoms with E-state index in [9.17, 15) is 4.79 Å². The zero-order valence-electron chi connectivity index (χ0n) is 15.2. The molecule has 0 radical (unpaired) electrons. The van der Waals surface area contributed by atoms with Crippen molar-refractivity contribution in [3.05, 3.63) is 65.7 Å². The van der Waals surface area contributed by atoms with Crippen LogP contribution in [0.1, 0.15) is 30.5 Å². The maximum absolute atomic E-state index is 12.0. The number of methoxy groups -OCH3 is 2. The van der Waals surface area contributed by atoms with Gasteiger partial charge in [-0.1, -0.05) is 30.3 Å². The van der Waals surface area contributed by atoms with E-state index < -0.39 is 0 Å². The molecule has 134 valence electrons. The van der Waals surface area contributed by atoms with E-state index >= 15 is 0 Å². The predicted molar refractivity (Wildman–Crippen MR) is 102 cm³/mol. The molecule has 0 bridgehead atoms. The Hall–Kier alpha value is -3.08. The van der Waals surface area contributed by atoms with Crippen molar-refractivity contribution in [1.29, 1.82) is 0 Å². The molecule has 0 aromatic heterocycles. The summed E-state index contributed by atoms with van der Waals surface area (Å²) in [5.74, 6) is 1.54. The van der Waals surface area contributed by atoms with Crippen molar-refractivity contribution >= 4 is 17.7 Å². The van der Waals surface area contributed by atoms with Crippen molar-refractivity contribution in [2.45, 2.75) is 19.4 Å². The number of rotatable bonds is 5. The fourth-order valence-electron chi connectivity index (χ4n) is 2.92. The first-order valence-electron chi connectivity index (χ1n) is 8.44. The van der Waals surface area contributed by atoms with Gasteiger partial charge in [-0.2, -0.15) is 5.10 Å². The molecule has 0 N–H and O–H groups in total. The van der Waals surface area contributed by atoms with Gasteiger partial charge in [0.2, 0.25) is 5.91 Å². The molecule has 5 nitrogen and oxygen atoms in total. The first kappa shape index (κ1) is 17.7. The third-order valence-corrected chi connectivity index (χ3v) is 4.34. The average Bonchev–Trinajstić information content (AvgIpc) is 3.11. The van der Waals surface area contributed by atoms with Crippen LogP contribution < -0.4 is 9.47 Å². The summed E-state index contributed by atoms with van der Waals surface area (Å²) >= 11 is 0. The molecule has 5 heteroatoms. The Morgan fingerprint density at radius 2 is 1.58 bits per heavy atom. The third kappa shape index (κ3) is 3.94. The maximum atomic E-state index is 12.0. The van der Waals surface area contributed by atoms with Gasteiger partial charge in [-0.15, -0.1) is 0 Å². The van der Waals surface area contributed by atoms with Crippen LogP contribution >= 0.6 is 0 Å². The average molecular weight is 350 g/mol. The van der Waals surface area contributed by atoms with Gasteiger partial charge >= 0.3 is 0 Å². The molecule has 2 aromatic rings. The Balaban J connectivity index is 1.76. The second-order valence-corrected chi connectivity index (χ2v) is 6.05. The predicted octanol–water partition coefficient (Wildman–Crippen LogP) is 4.07. The van der Waals surface area contributed by atoms with E-state index in [1.807, 2.05) is 60.7 Å². The Kier molecular flexibility index (Phi) is 5.37. The van der Waals surface area contributed by atoms with Gasteiger partial charge in [0, 0.05) is 13.3 Å². The van der Waals surface area contributed by atoms with E-state index in [-0.39, 0.29) is 11.9 Å². The highest BCUT2D eigenvalue weighted by Crippen LogP contribution is 2.32. The van der Waals surface area contributed by atoms with E-state index in [0.29, 0.717) is 6.42 Å². The second-order valence-electron chi connectivity index (χ2n) is 6.05. The number of allylic oxidation sites excluding steroid dienone is 1. The van der Waals surface area contributed by atoms with Crippen LogP contribution in [0.3, 0.4) is 0 Å². The van der Waals surface area contributed by atoms with Crippen LogP contribution in [-0.2, 0) is 4.79 Å². The van der Waals surface area contributed by atoms with Crippen molar-refractivity contribution in [2.24, 2.45) is 5.10 Å². The summed E-state index contributed by atoms with van der Waals surface area (Å²) in [6.45, 7) is 1.54. The summed E-state index contributed by atoms with van der Waals surface area (Å²) < 4.78 is 10.4. The summed E-state index contributed by atoms with van der Waals surface area (Å²) in [7, 11) is 3.28. The van der Waals surface area contributed by atoms with Crippen LogP contribution in [0.15, 0.2) is 59.7 Å². The highest BCUT2D eigenvalue weighted by Gasteiger charge is 2.29. The topological polar surface area (TPSA) is 51.1 Å². The van der Waals surface area contributed by atoms with Crippen LogP contribution in [0.5, 0.6) is 11.5 Å². The summed E-state index contributed by atoms with van der Waals surface area (Å²) in [5.41, 5.74) is 2.96. The quantitative estimate of drug-likeness (QED) is 0.817. The molecule has 1 amide bonds. The number of hydrazone groups is 1. The molecule has 0 saturated heterocycles. The van der Waals surface area contributed by atoms with Gasteiger partial charge in [0.25, 0.3) is 0 Å². The Labute approximate surface area is 153 Å². The summed E-state index contributed by atoms with van der Waals surface area (Å²) in [6, 6.07) is 15.5. The zero-order chi connectivity index (χ0) is 18.5. The number of ether oxygens (including phenoxy) is 2. The van der Waals surface area contributed by atoms with Gasteiger partial charge in [-0.25, -0.2) is 5.01 Å². The van der Waals surface area contributed by atoms with E-state index in [1.165, 1.54) is 6.92 Å². The van der Waals surface area contributed by atoms with Crippen LogP contribution in [-0.4, -0.2) is 30.8 Å². The number of nitrogens with zero attached hydrogens (tertiary/aromatic N) is 2. The van der Waals surface area contributed by atoms with Crippen molar-refractivity contribution in [3.8, 4) is 11.5 Å². The monoisotopic (exact) mass is 350 g/mol. The standard InChI is InChI=1S/C21H22N2O3/c1-15(24)23-21(17-7-12-20(26-3)13-8-17)14-18(22-23)9-4-16-5-10-19(25-2)11-6-16/h4-13,21H,14H2,1-3H3/b9-4+/t21-/m1/s1. The second kappa shape index (κ2) is 7.87. The molecular weight excluding hydrogens is 328 g/mol. The van der Waals surface area contributed by atoms with Crippen molar-refractivity contribution < 1.29 is 14.3 Å². The van der Waals surface area contributed by atoms with Gasteiger partial charge in [-0.05, 0) is 41.5 Å².